The Bertz CT molecular complexity index is 616. The molecule has 1 aromatic rings. The van der Waals surface area contributed by atoms with Gasteiger partial charge in [-0.2, -0.15) is 13.2 Å². The molecule has 0 saturated carbocycles. The third-order valence-electron chi connectivity index (χ3n) is 4.91. The molecular weight excluding hydrogens is 329 g/mol. The number of amides is 1. The monoisotopic (exact) mass is 348 g/mol. The normalized spacial score (nSPS) is 22.7. The number of carbonyl (C=O) groups excluding carboxylic acids is 1. The van der Waals surface area contributed by atoms with Gasteiger partial charge in [-0.3, -0.25) is 4.79 Å². The minimum atomic E-state index is -4.28. The highest BCUT2D eigenvalue weighted by molar-refractivity contribution is 5.95. The van der Waals surface area contributed by atoms with Gasteiger partial charge in [-0.05, 0) is 43.5 Å². The van der Waals surface area contributed by atoms with E-state index in [4.69, 9.17) is 0 Å². The lowest BCUT2D eigenvalue weighted by molar-refractivity contribution is -0.189. The number of nitrogens with zero attached hydrogens (tertiary/aromatic N) is 1. The standard InChI is InChI=1S/C16H19F3N2O.ClH/c1-15(2)13(16(17,18)19)5-6-21(15)14(22)10-3-4-11-8-20-9-12(11)7-10;/h3-4,7,13,20H,5-6,8-9H2,1-2H3;1H. The average Bonchev–Trinajstić information content (AvgIpc) is 2.99. The van der Waals surface area contributed by atoms with Crippen molar-refractivity contribution in [1.29, 1.82) is 0 Å². The molecule has 1 saturated heterocycles. The number of carbonyl (C=O) groups is 1. The molecule has 0 bridgehead atoms. The zero-order valence-corrected chi connectivity index (χ0v) is 13.9. The number of hydrogen-bond acceptors (Lipinski definition) is 2. The van der Waals surface area contributed by atoms with E-state index < -0.39 is 17.6 Å². The van der Waals surface area contributed by atoms with Crippen molar-refractivity contribution in [2.45, 2.75) is 45.1 Å². The fraction of sp³-hybridized carbons (Fsp3) is 0.562. The average molecular weight is 349 g/mol. The summed E-state index contributed by atoms with van der Waals surface area (Å²) in [7, 11) is 0. The van der Waals surface area contributed by atoms with Crippen molar-refractivity contribution in [3.63, 3.8) is 0 Å². The van der Waals surface area contributed by atoms with E-state index >= 15 is 0 Å². The first kappa shape index (κ1) is 18.1. The van der Waals surface area contributed by atoms with Crippen LogP contribution in [0.3, 0.4) is 0 Å². The number of nitrogens with one attached hydrogen (secondary N) is 1. The van der Waals surface area contributed by atoms with Crippen molar-refractivity contribution >= 4 is 18.3 Å². The van der Waals surface area contributed by atoms with Crippen molar-refractivity contribution in [1.82, 2.24) is 10.2 Å². The van der Waals surface area contributed by atoms with Crippen LogP contribution in [0, 0.1) is 5.92 Å². The minimum Gasteiger partial charge on any atom is -0.333 e. The Labute approximate surface area is 139 Å². The van der Waals surface area contributed by atoms with Crippen LogP contribution in [0.1, 0.15) is 41.8 Å². The lowest BCUT2D eigenvalue weighted by atomic mass is 9.87. The molecule has 1 atom stereocenters. The molecule has 7 heteroatoms. The first-order valence-corrected chi connectivity index (χ1v) is 7.42. The summed E-state index contributed by atoms with van der Waals surface area (Å²) >= 11 is 0. The molecule has 0 aliphatic carbocycles. The zero-order valence-electron chi connectivity index (χ0n) is 13.0. The second-order valence-electron chi connectivity index (χ2n) is 6.58. The number of rotatable bonds is 1. The van der Waals surface area contributed by atoms with Crippen LogP contribution in [-0.4, -0.2) is 29.1 Å². The van der Waals surface area contributed by atoms with E-state index in [1.807, 2.05) is 6.07 Å². The number of halogens is 4. The first-order valence-electron chi connectivity index (χ1n) is 7.42. The fourth-order valence-corrected chi connectivity index (χ4v) is 3.60. The first-order chi connectivity index (χ1) is 10.2. The Morgan fingerprint density at radius 3 is 2.52 bits per heavy atom. The molecular formula is C16H20ClF3N2O. The van der Waals surface area contributed by atoms with Gasteiger partial charge in [0.1, 0.15) is 0 Å². The molecule has 0 aromatic heterocycles. The molecule has 3 rings (SSSR count). The van der Waals surface area contributed by atoms with E-state index in [1.54, 1.807) is 12.1 Å². The van der Waals surface area contributed by atoms with Gasteiger partial charge < -0.3 is 10.2 Å². The van der Waals surface area contributed by atoms with Crippen LogP contribution in [0.2, 0.25) is 0 Å². The van der Waals surface area contributed by atoms with Crippen molar-refractivity contribution in [2.75, 3.05) is 6.54 Å². The summed E-state index contributed by atoms with van der Waals surface area (Å²) in [6, 6.07) is 5.40. The highest BCUT2D eigenvalue weighted by Gasteiger charge is 2.56. The van der Waals surface area contributed by atoms with Crippen molar-refractivity contribution in [2.24, 2.45) is 5.92 Å². The summed E-state index contributed by atoms with van der Waals surface area (Å²) < 4.78 is 39.4. The molecule has 2 heterocycles. The Balaban J connectivity index is 0.00000192. The maximum absolute atomic E-state index is 13.1. The van der Waals surface area contributed by atoms with E-state index in [9.17, 15) is 18.0 Å². The minimum absolute atomic E-state index is 0. The molecule has 1 unspecified atom stereocenters. The maximum Gasteiger partial charge on any atom is 0.394 e. The number of hydrogen-bond donors (Lipinski definition) is 1. The fourth-order valence-electron chi connectivity index (χ4n) is 3.60. The molecule has 23 heavy (non-hydrogen) atoms. The van der Waals surface area contributed by atoms with E-state index in [0.717, 1.165) is 17.7 Å². The van der Waals surface area contributed by atoms with Crippen LogP contribution < -0.4 is 5.32 Å². The molecule has 2 aliphatic heterocycles. The van der Waals surface area contributed by atoms with E-state index in [1.165, 1.54) is 18.7 Å². The Kier molecular flexibility index (Phi) is 4.70. The van der Waals surface area contributed by atoms with Crippen LogP contribution >= 0.6 is 12.4 Å². The molecule has 0 spiro atoms. The molecule has 1 fully saturated rings. The van der Waals surface area contributed by atoms with Crippen molar-refractivity contribution in [3.05, 3.63) is 34.9 Å². The molecule has 1 N–H and O–H groups in total. The quantitative estimate of drug-likeness (QED) is 0.842. The molecule has 1 aromatic carbocycles. The van der Waals surface area contributed by atoms with E-state index in [2.05, 4.69) is 5.32 Å². The van der Waals surface area contributed by atoms with Gasteiger partial charge in [-0.1, -0.05) is 6.07 Å². The summed E-state index contributed by atoms with van der Waals surface area (Å²) in [4.78, 5) is 14.0. The third-order valence-corrected chi connectivity index (χ3v) is 4.91. The topological polar surface area (TPSA) is 32.3 Å². The van der Waals surface area contributed by atoms with E-state index in [0.29, 0.717) is 12.1 Å². The van der Waals surface area contributed by atoms with Gasteiger partial charge in [0.25, 0.3) is 5.91 Å². The van der Waals surface area contributed by atoms with Gasteiger partial charge >= 0.3 is 6.18 Å². The van der Waals surface area contributed by atoms with E-state index in [-0.39, 0.29) is 31.3 Å². The van der Waals surface area contributed by atoms with Crippen LogP contribution in [0.5, 0.6) is 0 Å². The second kappa shape index (κ2) is 5.98. The molecule has 1 amide bonds. The Hall–Kier alpha value is -1.27. The predicted octanol–water partition coefficient (Wildman–Crippen LogP) is 3.51. The molecule has 3 nitrogen and oxygen atoms in total. The highest BCUT2D eigenvalue weighted by atomic mass is 35.5. The van der Waals surface area contributed by atoms with Gasteiger partial charge in [0.2, 0.25) is 0 Å². The summed E-state index contributed by atoms with van der Waals surface area (Å²) in [5.41, 5.74) is 1.45. The molecule has 2 aliphatic rings. The summed E-state index contributed by atoms with van der Waals surface area (Å²) in [5.74, 6) is -1.79. The molecule has 0 radical (unpaired) electrons. The lowest BCUT2D eigenvalue weighted by Gasteiger charge is -2.36. The maximum atomic E-state index is 13.1. The van der Waals surface area contributed by atoms with Crippen LogP contribution in [0.15, 0.2) is 18.2 Å². The lowest BCUT2D eigenvalue weighted by Crippen LogP contribution is -2.49. The van der Waals surface area contributed by atoms with Gasteiger partial charge in [0.15, 0.2) is 0 Å². The van der Waals surface area contributed by atoms with Gasteiger partial charge in [0.05, 0.1) is 5.92 Å². The Morgan fingerprint density at radius 2 is 1.91 bits per heavy atom. The van der Waals surface area contributed by atoms with Crippen LogP contribution in [0.25, 0.3) is 0 Å². The summed E-state index contributed by atoms with van der Waals surface area (Å²) in [6.45, 7) is 4.63. The largest absolute Gasteiger partial charge is 0.394 e. The smallest absolute Gasteiger partial charge is 0.333 e. The van der Waals surface area contributed by atoms with Gasteiger partial charge in [0, 0.05) is 30.7 Å². The SMILES string of the molecule is CC1(C)C(C(F)(F)F)CCN1C(=O)c1ccc2c(c1)CNC2.Cl. The third kappa shape index (κ3) is 3.06. The van der Waals surface area contributed by atoms with Crippen molar-refractivity contribution < 1.29 is 18.0 Å². The highest BCUT2D eigenvalue weighted by Crippen LogP contribution is 2.45. The zero-order chi connectivity index (χ0) is 16.1. The predicted molar refractivity (Wildman–Crippen MR) is 83.5 cm³/mol. The van der Waals surface area contributed by atoms with Gasteiger partial charge in [-0.15, -0.1) is 12.4 Å². The number of benzene rings is 1. The van der Waals surface area contributed by atoms with Crippen LogP contribution in [-0.2, 0) is 13.1 Å². The Morgan fingerprint density at radius 1 is 1.26 bits per heavy atom. The number of fused-ring (bicyclic) bond motifs is 1. The second-order valence-corrected chi connectivity index (χ2v) is 6.58. The van der Waals surface area contributed by atoms with Crippen LogP contribution in [0.4, 0.5) is 13.2 Å². The number of likely N-dealkylation sites (tertiary alicyclic amines) is 1. The van der Waals surface area contributed by atoms with Crippen molar-refractivity contribution in [3.8, 4) is 0 Å². The summed E-state index contributed by atoms with van der Waals surface area (Å²) in [5, 5.41) is 3.19. The summed E-state index contributed by atoms with van der Waals surface area (Å²) in [6.07, 6.45) is -4.31. The number of alkyl halides is 3. The molecule has 128 valence electrons. The van der Waals surface area contributed by atoms with Gasteiger partial charge in [-0.25, -0.2) is 0 Å².